The number of rotatable bonds is 4. The first-order chi connectivity index (χ1) is 8.56. The third-order valence-corrected chi connectivity index (χ3v) is 3.54. The zero-order chi connectivity index (χ0) is 13.1. The standard InChI is InChI=1S/C14H15NO2S/c1-9-6-10(2)8-11(7-9)15-13(14(16)17)12-4-3-5-18-12/h3-8,13,15H,1-2H3,(H,16,17)/t13-/m0/s1. The lowest BCUT2D eigenvalue weighted by Crippen LogP contribution is -2.19. The number of hydrogen-bond donors (Lipinski definition) is 2. The Morgan fingerprint density at radius 2 is 1.94 bits per heavy atom. The summed E-state index contributed by atoms with van der Waals surface area (Å²) in [5.74, 6) is -0.864. The molecule has 2 N–H and O–H groups in total. The summed E-state index contributed by atoms with van der Waals surface area (Å²) in [5, 5.41) is 14.2. The summed E-state index contributed by atoms with van der Waals surface area (Å²) in [7, 11) is 0. The van der Waals surface area contributed by atoms with Gasteiger partial charge in [-0.3, -0.25) is 0 Å². The number of aliphatic carboxylic acids is 1. The maximum Gasteiger partial charge on any atom is 0.331 e. The zero-order valence-electron chi connectivity index (χ0n) is 10.3. The number of carboxylic acid groups (broad SMARTS) is 1. The van der Waals surface area contributed by atoms with Crippen molar-refractivity contribution in [1.29, 1.82) is 0 Å². The van der Waals surface area contributed by atoms with Gasteiger partial charge in [0.15, 0.2) is 6.04 Å². The van der Waals surface area contributed by atoms with Crippen molar-refractivity contribution in [2.75, 3.05) is 5.32 Å². The van der Waals surface area contributed by atoms with Crippen LogP contribution in [-0.4, -0.2) is 11.1 Å². The molecule has 0 unspecified atom stereocenters. The van der Waals surface area contributed by atoms with Gasteiger partial charge in [0.2, 0.25) is 0 Å². The zero-order valence-corrected chi connectivity index (χ0v) is 11.1. The van der Waals surface area contributed by atoms with Gasteiger partial charge >= 0.3 is 5.97 Å². The van der Waals surface area contributed by atoms with Crippen molar-refractivity contribution >= 4 is 23.0 Å². The van der Waals surface area contributed by atoms with Crippen LogP contribution in [0, 0.1) is 13.8 Å². The Balaban J connectivity index is 2.27. The highest BCUT2D eigenvalue weighted by molar-refractivity contribution is 7.10. The van der Waals surface area contributed by atoms with Gasteiger partial charge in [-0.05, 0) is 48.6 Å². The van der Waals surface area contributed by atoms with E-state index in [9.17, 15) is 9.90 Å². The Hall–Kier alpha value is -1.81. The molecule has 3 nitrogen and oxygen atoms in total. The monoisotopic (exact) mass is 261 g/mol. The van der Waals surface area contributed by atoms with Gasteiger partial charge in [0.1, 0.15) is 0 Å². The number of hydrogen-bond acceptors (Lipinski definition) is 3. The molecule has 18 heavy (non-hydrogen) atoms. The molecule has 0 amide bonds. The van der Waals surface area contributed by atoms with Gasteiger partial charge in [0.25, 0.3) is 0 Å². The summed E-state index contributed by atoms with van der Waals surface area (Å²) in [6, 6.07) is 8.98. The highest BCUT2D eigenvalue weighted by Crippen LogP contribution is 2.25. The summed E-state index contributed by atoms with van der Waals surface area (Å²) in [6.45, 7) is 4.00. The molecule has 0 fully saturated rings. The maximum absolute atomic E-state index is 11.3. The summed E-state index contributed by atoms with van der Waals surface area (Å²) >= 11 is 1.44. The second-order valence-corrected chi connectivity index (χ2v) is 5.29. The average Bonchev–Trinajstić information content (AvgIpc) is 2.77. The molecule has 0 aliphatic heterocycles. The van der Waals surface area contributed by atoms with Crippen LogP contribution >= 0.6 is 11.3 Å². The SMILES string of the molecule is Cc1cc(C)cc(N[C@H](C(=O)O)c2cccs2)c1. The molecule has 0 saturated carbocycles. The molecule has 94 valence electrons. The van der Waals surface area contributed by atoms with Crippen LogP contribution in [0.15, 0.2) is 35.7 Å². The molecule has 0 saturated heterocycles. The first-order valence-electron chi connectivity index (χ1n) is 5.67. The van der Waals surface area contributed by atoms with E-state index in [0.29, 0.717) is 0 Å². The lowest BCUT2D eigenvalue weighted by Gasteiger charge is -2.15. The fourth-order valence-electron chi connectivity index (χ4n) is 1.93. The number of benzene rings is 1. The predicted octanol–water partition coefficient (Wildman–Crippen LogP) is 3.60. The number of thiophene rings is 1. The number of nitrogens with one attached hydrogen (secondary N) is 1. The van der Waals surface area contributed by atoms with Crippen LogP contribution in [0.4, 0.5) is 5.69 Å². The maximum atomic E-state index is 11.3. The van der Waals surface area contributed by atoms with Crippen molar-refractivity contribution in [3.05, 3.63) is 51.7 Å². The van der Waals surface area contributed by atoms with Gasteiger partial charge in [-0.2, -0.15) is 0 Å². The van der Waals surface area contributed by atoms with Crippen LogP contribution in [-0.2, 0) is 4.79 Å². The molecular weight excluding hydrogens is 246 g/mol. The largest absolute Gasteiger partial charge is 0.479 e. The first-order valence-corrected chi connectivity index (χ1v) is 6.55. The third-order valence-electron chi connectivity index (χ3n) is 2.61. The molecule has 1 aromatic carbocycles. The Labute approximate surface area is 110 Å². The number of carbonyl (C=O) groups is 1. The summed E-state index contributed by atoms with van der Waals surface area (Å²) in [5.41, 5.74) is 3.08. The van der Waals surface area contributed by atoms with Gasteiger partial charge in [-0.1, -0.05) is 12.1 Å². The quantitative estimate of drug-likeness (QED) is 0.884. The number of aryl methyl sites for hydroxylation is 2. The molecule has 0 aliphatic carbocycles. The average molecular weight is 261 g/mol. The minimum Gasteiger partial charge on any atom is -0.479 e. The van der Waals surface area contributed by atoms with Crippen LogP contribution in [0.25, 0.3) is 0 Å². The minimum absolute atomic E-state index is 0.689. The molecular formula is C14H15NO2S. The van der Waals surface area contributed by atoms with E-state index in [2.05, 4.69) is 11.4 Å². The van der Waals surface area contributed by atoms with E-state index >= 15 is 0 Å². The highest BCUT2D eigenvalue weighted by atomic mass is 32.1. The van der Waals surface area contributed by atoms with Crippen LogP contribution in [0.1, 0.15) is 22.0 Å². The second-order valence-electron chi connectivity index (χ2n) is 4.31. The van der Waals surface area contributed by atoms with Crippen LogP contribution < -0.4 is 5.32 Å². The molecule has 2 aromatic rings. The smallest absolute Gasteiger partial charge is 0.331 e. The van der Waals surface area contributed by atoms with Crippen molar-refractivity contribution in [3.8, 4) is 0 Å². The fraction of sp³-hybridized carbons (Fsp3) is 0.214. The van der Waals surface area contributed by atoms with E-state index in [1.807, 2.05) is 43.5 Å². The van der Waals surface area contributed by atoms with E-state index in [4.69, 9.17) is 0 Å². The van der Waals surface area contributed by atoms with E-state index in [0.717, 1.165) is 21.7 Å². The van der Waals surface area contributed by atoms with Gasteiger partial charge in [0, 0.05) is 10.6 Å². The molecule has 1 aromatic heterocycles. The van der Waals surface area contributed by atoms with E-state index < -0.39 is 12.0 Å². The molecule has 0 spiro atoms. The van der Waals surface area contributed by atoms with Gasteiger partial charge < -0.3 is 10.4 Å². The lowest BCUT2D eigenvalue weighted by molar-refractivity contribution is -0.138. The molecule has 0 bridgehead atoms. The Morgan fingerprint density at radius 1 is 1.28 bits per heavy atom. The molecule has 4 heteroatoms. The van der Waals surface area contributed by atoms with Crippen LogP contribution in [0.2, 0.25) is 0 Å². The normalized spacial score (nSPS) is 12.1. The Morgan fingerprint density at radius 3 is 2.44 bits per heavy atom. The van der Waals surface area contributed by atoms with Gasteiger partial charge in [-0.25, -0.2) is 4.79 Å². The van der Waals surface area contributed by atoms with E-state index in [1.165, 1.54) is 11.3 Å². The van der Waals surface area contributed by atoms with Crippen molar-refractivity contribution < 1.29 is 9.90 Å². The fourth-order valence-corrected chi connectivity index (χ4v) is 2.70. The lowest BCUT2D eigenvalue weighted by atomic mass is 10.1. The van der Waals surface area contributed by atoms with E-state index in [-0.39, 0.29) is 0 Å². The van der Waals surface area contributed by atoms with Crippen molar-refractivity contribution in [2.24, 2.45) is 0 Å². The molecule has 2 rings (SSSR count). The number of anilines is 1. The Bertz CT molecular complexity index is 529. The second kappa shape index (κ2) is 5.23. The molecule has 1 atom stereocenters. The first kappa shape index (κ1) is 12.6. The minimum atomic E-state index is -0.864. The van der Waals surface area contributed by atoms with E-state index in [1.54, 1.807) is 0 Å². The van der Waals surface area contributed by atoms with Crippen LogP contribution in [0.5, 0.6) is 0 Å². The highest BCUT2D eigenvalue weighted by Gasteiger charge is 2.20. The predicted molar refractivity (Wildman–Crippen MR) is 74.2 cm³/mol. The number of carboxylic acids is 1. The molecule has 1 heterocycles. The van der Waals surface area contributed by atoms with Crippen molar-refractivity contribution in [2.45, 2.75) is 19.9 Å². The third kappa shape index (κ3) is 2.90. The van der Waals surface area contributed by atoms with Gasteiger partial charge in [0.05, 0.1) is 0 Å². The summed E-state index contributed by atoms with van der Waals surface area (Å²) in [6.07, 6.45) is 0. The summed E-state index contributed by atoms with van der Waals surface area (Å²) in [4.78, 5) is 12.1. The van der Waals surface area contributed by atoms with Crippen molar-refractivity contribution in [3.63, 3.8) is 0 Å². The Kier molecular flexibility index (Phi) is 3.67. The molecule has 0 radical (unpaired) electrons. The topological polar surface area (TPSA) is 49.3 Å². The summed E-state index contributed by atoms with van der Waals surface area (Å²) < 4.78 is 0. The van der Waals surface area contributed by atoms with Crippen LogP contribution in [0.3, 0.4) is 0 Å². The van der Waals surface area contributed by atoms with Crippen molar-refractivity contribution in [1.82, 2.24) is 0 Å². The van der Waals surface area contributed by atoms with Gasteiger partial charge in [-0.15, -0.1) is 11.3 Å². The molecule has 0 aliphatic rings.